The van der Waals surface area contributed by atoms with E-state index < -0.39 is 5.82 Å². The molecule has 112 valence electrons. The minimum Gasteiger partial charge on any atom is -0.508 e. The molecule has 6 heteroatoms. The topological polar surface area (TPSA) is 77.8 Å². The van der Waals surface area contributed by atoms with Crippen LogP contribution in [0.2, 0.25) is 0 Å². The maximum atomic E-state index is 13.9. The molecule has 0 bridgehead atoms. The van der Waals surface area contributed by atoms with Crippen molar-refractivity contribution in [2.75, 3.05) is 0 Å². The zero-order chi connectivity index (χ0) is 16.0. The van der Waals surface area contributed by atoms with Gasteiger partial charge in [0.05, 0.1) is 5.56 Å². The standard InChI is InChI=1S/C16H10BrFO4/c17-8-3-11-10(13(18)4-8)1-7(16(11)22)2-12-14(20)5-9(19)6-15(12)21/h2-6,19-21H,1H2/b7-2+. The molecule has 0 fully saturated rings. The van der Waals surface area contributed by atoms with Crippen LogP contribution < -0.4 is 0 Å². The fourth-order valence-corrected chi connectivity index (χ4v) is 2.91. The van der Waals surface area contributed by atoms with Crippen molar-refractivity contribution in [3.63, 3.8) is 0 Å². The highest BCUT2D eigenvalue weighted by Crippen LogP contribution is 2.37. The van der Waals surface area contributed by atoms with Crippen LogP contribution in [-0.2, 0) is 6.42 Å². The predicted molar refractivity (Wildman–Crippen MR) is 81.5 cm³/mol. The lowest BCUT2D eigenvalue weighted by atomic mass is 10.1. The molecule has 0 saturated heterocycles. The van der Waals surface area contributed by atoms with Gasteiger partial charge in [0.1, 0.15) is 23.1 Å². The Hall–Kier alpha value is -2.34. The van der Waals surface area contributed by atoms with Crippen molar-refractivity contribution in [1.29, 1.82) is 0 Å². The molecule has 0 heterocycles. The SMILES string of the molecule is O=C1/C(=C/c2c(O)cc(O)cc2O)Cc2c(F)cc(Br)cc21. The quantitative estimate of drug-likeness (QED) is 0.676. The predicted octanol–water partition coefficient (Wildman–Crippen LogP) is 3.53. The van der Waals surface area contributed by atoms with Crippen LogP contribution in [0, 0.1) is 5.82 Å². The van der Waals surface area contributed by atoms with Gasteiger partial charge in [0, 0.05) is 39.7 Å². The Morgan fingerprint density at radius 3 is 2.36 bits per heavy atom. The van der Waals surface area contributed by atoms with Gasteiger partial charge in [-0.15, -0.1) is 0 Å². The summed E-state index contributed by atoms with van der Waals surface area (Å²) in [7, 11) is 0. The number of hydrogen-bond donors (Lipinski definition) is 3. The van der Waals surface area contributed by atoms with Gasteiger partial charge >= 0.3 is 0 Å². The molecule has 0 unspecified atom stereocenters. The number of fused-ring (bicyclic) bond motifs is 1. The van der Waals surface area contributed by atoms with Crippen LogP contribution in [0.25, 0.3) is 6.08 Å². The molecule has 0 aromatic heterocycles. The highest BCUT2D eigenvalue weighted by Gasteiger charge is 2.28. The van der Waals surface area contributed by atoms with Crippen molar-refractivity contribution in [2.45, 2.75) is 6.42 Å². The molecule has 0 spiro atoms. The Morgan fingerprint density at radius 1 is 1.09 bits per heavy atom. The lowest BCUT2D eigenvalue weighted by molar-refractivity contribution is 0.104. The van der Waals surface area contributed by atoms with Gasteiger partial charge in [-0.05, 0) is 18.2 Å². The summed E-state index contributed by atoms with van der Waals surface area (Å²) in [6, 6.07) is 4.92. The fraction of sp³-hybridized carbons (Fsp3) is 0.0625. The van der Waals surface area contributed by atoms with Crippen molar-refractivity contribution < 1.29 is 24.5 Å². The molecule has 0 radical (unpaired) electrons. The second kappa shape index (κ2) is 5.14. The number of aromatic hydroxyl groups is 3. The Balaban J connectivity index is 2.09. The van der Waals surface area contributed by atoms with Crippen molar-refractivity contribution in [2.24, 2.45) is 0 Å². The monoisotopic (exact) mass is 364 g/mol. The first-order valence-corrected chi connectivity index (χ1v) is 7.14. The summed E-state index contributed by atoms with van der Waals surface area (Å²) >= 11 is 3.14. The van der Waals surface area contributed by atoms with Gasteiger partial charge in [-0.1, -0.05) is 15.9 Å². The molecule has 3 N–H and O–H groups in total. The highest BCUT2D eigenvalue weighted by molar-refractivity contribution is 9.10. The van der Waals surface area contributed by atoms with Crippen LogP contribution in [-0.4, -0.2) is 21.1 Å². The molecule has 4 nitrogen and oxygen atoms in total. The van der Waals surface area contributed by atoms with E-state index in [2.05, 4.69) is 15.9 Å². The lowest BCUT2D eigenvalue weighted by Crippen LogP contribution is -1.96. The number of Topliss-reactive ketones (excluding diaryl/α,β-unsaturated/α-hetero) is 1. The Morgan fingerprint density at radius 2 is 1.73 bits per heavy atom. The van der Waals surface area contributed by atoms with Crippen LogP contribution >= 0.6 is 15.9 Å². The summed E-state index contributed by atoms with van der Waals surface area (Å²) in [4.78, 5) is 12.3. The molecule has 2 aromatic rings. The third kappa shape index (κ3) is 2.35. The molecule has 1 aliphatic rings. The summed E-state index contributed by atoms with van der Waals surface area (Å²) in [5.41, 5.74) is 0.810. The number of benzene rings is 2. The Bertz CT molecular complexity index is 819. The van der Waals surface area contributed by atoms with E-state index in [4.69, 9.17) is 0 Å². The van der Waals surface area contributed by atoms with E-state index in [1.165, 1.54) is 18.2 Å². The number of carbonyl (C=O) groups is 1. The van der Waals surface area contributed by atoms with Gasteiger partial charge in [0.2, 0.25) is 0 Å². The maximum Gasteiger partial charge on any atom is 0.189 e. The van der Waals surface area contributed by atoms with Crippen LogP contribution in [0.4, 0.5) is 4.39 Å². The van der Waals surface area contributed by atoms with E-state index in [9.17, 15) is 24.5 Å². The summed E-state index contributed by atoms with van der Waals surface area (Å²) in [5, 5.41) is 28.8. The zero-order valence-electron chi connectivity index (χ0n) is 11.1. The van der Waals surface area contributed by atoms with Crippen molar-refractivity contribution in [3.8, 4) is 17.2 Å². The normalized spacial score (nSPS) is 15.4. The van der Waals surface area contributed by atoms with Crippen LogP contribution in [0.15, 0.2) is 34.3 Å². The van der Waals surface area contributed by atoms with Crippen LogP contribution in [0.1, 0.15) is 21.5 Å². The molecule has 22 heavy (non-hydrogen) atoms. The van der Waals surface area contributed by atoms with Gasteiger partial charge in [-0.2, -0.15) is 0 Å². The molecule has 0 saturated carbocycles. The van der Waals surface area contributed by atoms with E-state index in [1.54, 1.807) is 0 Å². The van der Waals surface area contributed by atoms with Crippen molar-refractivity contribution >= 4 is 27.8 Å². The summed E-state index contributed by atoms with van der Waals surface area (Å²) in [6.07, 6.45) is 1.38. The first-order chi connectivity index (χ1) is 10.4. The van der Waals surface area contributed by atoms with E-state index in [-0.39, 0.29) is 51.7 Å². The number of halogens is 2. The largest absolute Gasteiger partial charge is 0.508 e. The molecule has 1 aliphatic carbocycles. The van der Waals surface area contributed by atoms with Gasteiger partial charge < -0.3 is 15.3 Å². The molecule has 0 aliphatic heterocycles. The number of hydrogen-bond acceptors (Lipinski definition) is 4. The number of rotatable bonds is 1. The van der Waals surface area contributed by atoms with E-state index in [0.717, 1.165) is 12.1 Å². The fourth-order valence-electron chi connectivity index (χ4n) is 2.48. The second-order valence-electron chi connectivity index (χ2n) is 4.99. The number of phenols is 3. The van der Waals surface area contributed by atoms with E-state index in [0.29, 0.717) is 4.47 Å². The maximum absolute atomic E-state index is 13.9. The van der Waals surface area contributed by atoms with E-state index in [1.807, 2.05) is 0 Å². The first kappa shape index (κ1) is 14.6. The molecule has 0 atom stereocenters. The van der Waals surface area contributed by atoms with Crippen molar-refractivity contribution in [3.05, 3.63) is 56.8 Å². The Kier molecular flexibility index (Phi) is 3.41. The van der Waals surface area contributed by atoms with E-state index >= 15 is 0 Å². The van der Waals surface area contributed by atoms with Gasteiger partial charge in [0.15, 0.2) is 5.78 Å². The molecule has 0 amide bonds. The number of carbonyl (C=O) groups excluding carboxylic acids is 1. The second-order valence-corrected chi connectivity index (χ2v) is 5.90. The lowest BCUT2D eigenvalue weighted by Gasteiger charge is -2.04. The minimum atomic E-state index is -0.486. The van der Waals surface area contributed by atoms with Gasteiger partial charge in [0.25, 0.3) is 0 Å². The number of phenolic OH excluding ortho intramolecular Hbond substituents is 3. The minimum absolute atomic E-state index is 0.00781. The molecular weight excluding hydrogens is 355 g/mol. The highest BCUT2D eigenvalue weighted by atomic mass is 79.9. The van der Waals surface area contributed by atoms with Gasteiger partial charge in [-0.25, -0.2) is 4.39 Å². The third-order valence-electron chi connectivity index (χ3n) is 3.50. The number of ketones is 1. The van der Waals surface area contributed by atoms with Crippen LogP contribution in [0.3, 0.4) is 0 Å². The van der Waals surface area contributed by atoms with Gasteiger partial charge in [-0.3, -0.25) is 4.79 Å². The molecular formula is C16H10BrFO4. The summed E-state index contributed by atoms with van der Waals surface area (Å²) in [5.74, 6) is -1.87. The molecule has 3 rings (SSSR count). The van der Waals surface area contributed by atoms with Crippen LogP contribution in [0.5, 0.6) is 17.2 Å². The average Bonchev–Trinajstić information content (AvgIpc) is 2.72. The molecule has 2 aromatic carbocycles. The average molecular weight is 365 g/mol. The Labute approximate surface area is 133 Å². The smallest absolute Gasteiger partial charge is 0.189 e. The summed E-state index contributed by atoms with van der Waals surface area (Å²) in [6.45, 7) is 0. The third-order valence-corrected chi connectivity index (χ3v) is 3.96. The van der Waals surface area contributed by atoms with Crippen molar-refractivity contribution in [1.82, 2.24) is 0 Å². The zero-order valence-corrected chi connectivity index (χ0v) is 12.7. The number of allylic oxidation sites excluding steroid dienone is 1. The first-order valence-electron chi connectivity index (χ1n) is 6.35. The summed E-state index contributed by atoms with van der Waals surface area (Å²) < 4.78 is 14.4.